The molecule has 0 aromatic heterocycles. The Kier molecular flexibility index (Phi) is 8.42. The van der Waals surface area contributed by atoms with Crippen LogP contribution in [0.4, 0.5) is 0 Å². The van der Waals surface area contributed by atoms with Crippen LogP contribution in [0.3, 0.4) is 0 Å². The van der Waals surface area contributed by atoms with Crippen LogP contribution in [0, 0.1) is 0 Å². The van der Waals surface area contributed by atoms with E-state index in [1.165, 1.54) is 55.7 Å². The SMILES string of the molecule is CCc1ccc(C2=C(c3ccc(CC)cc3)[Si](C)(CC)C(c3ccc(CC)cc3)=C2c2ccc(CC)cc2)cc1. The molecule has 204 valence electrons. The molecule has 0 nitrogen and oxygen atoms in total. The van der Waals surface area contributed by atoms with Crippen LogP contribution in [-0.2, 0) is 25.7 Å². The van der Waals surface area contributed by atoms with Crippen molar-refractivity contribution in [2.24, 2.45) is 0 Å². The Balaban J connectivity index is 1.88. The smallest absolute Gasteiger partial charge is 0.0672 e. The minimum Gasteiger partial charge on any atom is -0.0672 e. The van der Waals surface area contributed by atoms with Crippen LogP contribution in [0.5, 0.6) is 0 Å². The second-order valence-corrected chi connectivity index (χ2v) is 15.8. The van der Waals surface area contributed by atoms with Crippen LogP contribution in [0.15, 0.2) is 97.1 Å². The lowest BCUT2D eigenvalue weighted by Crippen LogP contribution is -2.32. The van der Waals surface area contributed by atoms with Gasteiger partial charge in [0.1, 0.15) is 8.07 Å². The van der Waals surface area contributed by atoms with Crippen molar-refractivity contribution in [2.75, 3.05) is 0 Å². The van der Waals surface area contributed by atoms with Crippen LogP contribution in [-0.4, -0.2) is 8.07 Å². The fraction of sp³-hybridized carbons (Fsp3) is 0.282. The van der Waals surface area contributed by atoms with Crippen molar-refractivity contribution in [3.8, 4) is 0 Å². The van der Waals surface area contributed by atoms with Gasteiger partial charge in [-0.1, -0.05) is 144 Å². The van der Waals surface area contributed by atoms with Gasteiger partial charge in [-0.2, -0.15) is 0 Å². The van der Waals surface area contributed by atoms with Gasteiger partial charge in [0.15, 0.2) is 0 Å². The van der Waals surface area contributed by atoms with Crippen molar-refractivity contribution >= 4 is 29.6 Å². The topological polar surface area (TPSA) is 0 Å². The van der Waals surface area contributed by atoms with Crippen LogP contribution >= 0.6 is 0 Å². The maximum Gasteiger partial charge on any atom is 0.118 e. The number of hydrogen-bond acceptors (Lipinski definition) is 0. The minimum absolute atomic E-state index is 1.06. The molecule has 0 atom stereocenters. The molecule has 40 heavy (non-hydrogen) atoms. The highest BCUT2D eigenvalue weighted by atomic mass is 28.3. The average molecular weight is 541 g/mol. The van der Waals surface area contributed by atoms with Crippen molar-refractivity contribution in [2.45, 2.75) is 72.9 Å². The first kappa shape index (κ1) is 28.1. The summed E-state index contributed by atoms with van der Waals surface area (Å²) in [5.41, 5.74) is 13.9. The summed E-state index contributed by atoms with van der Waals surface area (Å²) in [6.07, 6.45) is 4.25. The first-order valence-corrected chi connectivity index (χ1v) is 18.0. The van der Waals surface area contributed by atoms with Gasteiger partial charge in [-0.05, 0) is 91.7 Å². The second-order valence-electron chi connectivity index (χ2n) is 11.4. The monoisotopic (exact) mass is 540 g/mol. The quantitative estimate of drug-likeness (QED) is 0.185. The normalized spacial score (nSPS) is 14.8. The molecule has 1 aliphatic heterocycles. The molecule has 4 aromatic rings. The Bertz CT molecular complexity index is 1400. The van der Waals surface area contributed by atoms with E-state index in [-0.39, 0.29) is 0 Å². The first-order valence-electron chi connectivity index (χ1n) is 15.3. The van der Waals surface area contributed by atoms with Crippen molar-refractivity contribution in [1.82, 2.24) is 0 Å². The lowest BCUT2D eigenvalue weighted by molar-refractivity contribution is 1.14. The molecular weight excluding hydrogens is 497 g/mol. The molecule has 0 N–H and O–H groups in total. The molecular formula is C39H44Si. The van der Waals surface area contributed by atoms with Gasteiger partial charge in [-0.15, -0.1) is 0 Å². The van der Waals surface area contributed by atoms with Crippen molar-refractivity contribution < 1.29 is 0 Å². The molecule has 0 amide bonds. The van der Waals surface area contributed by atoms with E-state index in [2.05, 4.69) is 138 Å². The third-order valence-electron chi connectivity index (χ3n) is 9.16. The molecule has 0 radical (unpaired) electrons. The minimum atomic E-state index is -2.13. The van der Waals surface area contributed by atoms with E-state index in [9.17, 15) is 0 Å². The summed E-state index contributed by atoms with van der Waals surface area (Å²) in [5.74, 6) is 0. The van der Waals surface area contributed by atoms with Crippen LogP contribution in [0.25, 0.3) is 21.5 Å². The standard InChI is InChI=1S/C39H44Si/c1-7-28-12-20-32(21-13-28)36-37(33-22-14-29(8-2)15-23-33)39(35-26-18-31(10-4)19-27-35)40(6,11-5)38(36)34-24-16-30(9-3)17-25-34/h12-27H,7-11H2,1-6H3. The predicted molar refractivity (Wildman–Crippen MR) is 179 cm³/mol. The third kappa shape index (κ3) is 5.08. The highest BCUT2D eigenvalue weighted by Crippen LogP contribution is 2.56. The van der Waals surface area contributed by atoms with Gasteiger partial charge in [0.05, 0.1) is 0 Å². The number of allylic oxidation sites excluding steroid dienone is 2. The predicted octanol–water partition coefficient (Wildman–Crippen LogP) is 10.6. The Morgan fingerprint density at radius 3 is 0.850 bits per heavy atom. The van der Waals surface area contributed by atoms with E-state index in [0.29, 0.717) is 0 Å². The van der Waals surface area contributed by atoms with Crippen molar-refractivity contribution in [3.05, 3.63) is 142 Å². The lowest BCUT2D eigenvalue weighted by Gasteiger charge is -2.30. The van der Waals surface area contributed by atoms with Gasteiger partial charge < -0.3 is 0 Å². The molecule has 0 saturated carbocycles. The summed E-state index contributed by atoms with van der Waals surface area (Å²) in [4.78, 5) is 0. The fourth-order valence-electron chi connectivity index (χ4n) is 6.41. The van der Waals surface area contributed by atoms with Crippen LogP contribution in [0.2, 0.25) is 12.6 Å². The number of rotatable bonds is 9. The first-order chi connectivity index (χ1) is 19.5. The van der Waals surface area contributed by atoms with Gasteiger partial charge in [0, 0.05) is 0 Å². The third-order valence-corrected chi connectivity index (χ3v) is 13.9. The Morgan fingerprint density at radius 2 is 0.625 bits per heavy atom. The number of aryl methyl sites for hydroxylation is 4. The largest absolute Gasteiger partial charge is 0.118 e. The van der Waals surface area contributed by atoms with Gasteiger partial charge in [-0.3, -0.25) is 0 Å². The summed E-state index contributed by atoms with van der Waals surface area (Å²) in [6, 6.07) is 39.0. The van der Waals surface area contributed by atoms with Crippen molar-refractivity contribution in [1.29, 1.82) is 0 Å². The van der Waals surface area contributed by atoms with E-state index in [0.717, 1.165) is 31.7 Å². The summed E-state index contributed by atoms with van der Waals surface area (Å²) in [6.45, 7) is 14.0. The maximum absolute atomic E-state index is 2.62. The zero-order valence-corrected chi connectivity index (χ0v) is 26.3. The maximum atomic E-state index is 2.62. The summed E-state index contributed by atoms with van der Waals surface area (Å²) in [7, 11) is -2.13. The molecule has 5 rings (SSSR count). The molecule has 4 aromatic carbocycles. The lowest BCUT2D eigenvalue weighted by atomic mass is 9.88. The number of benzene rings is 4. The Morgan fingerprint density at radius 1 is 0.375 bits per heavy atom. The zero-order valence-electron chi connectivity index (χ0n) is 25.3. The molecule has 0 bridgehead atoms. The molecule has 1 heteroatoms. The van der Waals surface area contributed by atoms with Gasteiger partial charge in [0.2, 0.25) is 0 Å². The summed E-state index contributed by atoms with van der Waals surface area (Å²) in [5, 5.41) is 3.18. The van der Waals surface area contributed by atoms with E-state index in [4.69, 9.17) is 0 Å². The Labute approximate surface area is 243 Å². The van der Waals surface area contributed by atoms with Crippen LogP contribution in [0.1, 0.15) is 79.1 Å². The summed E-state index contributed by atoms with van der Waals surface area (Å²) < 4.78 is 0. The molecule has 1 heterocycles. The van der Waals surface area contributed by atoms with Gasteiger partial charge in [-0.25, -0.2) is 0 Å². The van der Waals surface area contributed by atoms with Gasteiger partial charge >= 0.3 is 0 Å². The fourth-order valence-corrected chi connectivity index (χ4v) is 10.6. The molecule has 0 fully saturated rings. The van der Waals surface area contributed by atoms with E-state index >= 15 is 0 Å². The second kappa shape index (κ2) is 12.0. The average Bonchev–Trinajstić information content (AvgIpc) is 3.30. The van der Waals surface area contributed by atoms with Crippen LogP contribution < -0.4 is 0 Å². The Hall–Kier alpha value is -3.42. The molecule has 0 spiro atoms. The zero-order chi connectivity index (χ0) is 28.3. The van der Waals surface area contributed by atoms with Crippen molar-refractivity contribution in [3.63, 3.8) is 0 Å². The van der Waals surface area contributed by atoms with E-state index in [1.54, 1.807) is 10.4 Å². The van der Waals surface area contributed by atoms with E-state index < -0.39 is 8.07 Å². The number of hydrogen-bond donors (Lipinski definition) is 0. The molecule has 0 saturated heterocycles. The highest BCUT2D eigenvalue weighted by Gasteiger charge is 2.45. The van der Waals surface area contributed by atoms with E-state index in [1.807, 2.05) is 0 Å². The molecule has 0 unspecified atom stereocenters. The van der Waals surface area contributed by atoms with Gasteiger partial charge in [0.25, 0.3) is 0 Å². The molecule has 0 aliphatic carbocycles. The highest BCUT2D eigenvalue weighted by molar-refractivity contribution is 7.13. The molecule has 1 aliphatic rings. The summed E-state index contributed by atoms with van der Waals surface area (Å²) >= 11 is 0.